The molecule has 4 aromatic carbocycles. The molecule has 0 bridgehead atoms. The van der Waals surface area contributed by atoms with Crippen LogP contribution in [0.5, 0.6) is 11.5 Å². The third-order valence-electron chi connectivity index (χ3n) is 7.11. The van der Waals surface area contributed by atoms with Crippen LogP contribution in [0.1, 0.15) is 40.2 Å². The number of rotatable bonds is 13. The number of nitrogens with two attached hydrogens (primary N) is 2. The van der Waals surface area contributed by atoms with E-state index in [1.54, 1.807) is 0 Å². The summed E-state index contributed by atoms with van der Waals surface area (Å²) in [6.45, 7) is 5.28. The summed E-state index contributed by atoms with van der Waals surface area (Å²) in [5.41, 5.74) is 19.6. The zero-order chi connectivity index (χ0) is 29.4. The first-order chi connectivity index (χ1) is 19.7. The van der Waals surface area contributed by atoms with Crippen molar-refractivity contribution in [3.8, 4) is 22.6 Å². The Bertz CT molecular complexity index is 1470. The van der Waals surface area contributed by atoms with Crippen molar-refractivity contribution < 1.29 is 14.3 Å². The van der Waals surface area contributed by atoms with Gasteiger partial charge >= 0.3 is 0 Å². The number of benzene rings is 4. The molecule has 4 aromatic rings. The van der Waals surface area contributed by atoms with Crippen LogP contribution < -0.4 is 20.9 Å². The van der Waals surface area contributed by atoms with E-state index in [-0.39, 0.29) is 11.8 Å². The average molecular weight is 592 g/mol. The van der Waals surface area contributed by atoms with Gasteiger partial charge in [0.1, 0.15) is 19.0 Å². The van der Waals surface area contributed by atoms with Gasteiger partial charge in [0.05, 0.1) is 10.0 Å². The first-order valence-corrected chi connectivity index (χ1v) is 14.5. The molecule has 4 rings (SSSR count). The van der Waals surface area contributed by atoms with E-state index in [1.807, 2.05) is 43.3 Å². The largest absolute Gasteiger partial charge is 0.490 e. The summed E-state index contributed by atoms with van der Waals surface area (Å²) in [5, 5.41) is 0.979. The normalized spacial score (nSPS) is 11.7. The molecule has 4 N–H and O–H groups in total. The summed E-state index contributed by atoms with van der Waals surface area (Å²) in [7, 11) is 0. The maximum absolute atomic E-state index is 11.3. The highest BCUT2D eigenvalue weighted by molar-refractivity contribution is 6.37. The molecule has 7 heteroatoms. The van der Waals surface area contributed by atoms with Crippen LogP contribution in [-0.2, 0) is 17.6 Å². The van der Waals surface area contributed by atoms with Gasteiger partial charge in [-0.1, -0.05) is 77.8 Å². The molecule has 5 nitrogen and oxygen atoms in total. The Morgan fingerprint density at radius 2 is 1.56 bits per heavy atom. The molecule has 0 aliphatic heterocycles. The number of halogens is 2. The second-order valence-corrected chi connectivity index (χ2v) is 11.0. The fourth-order valence-corrected chi connectivity index (χ4v) is 5.74. The van der Waals surface area contributed by atoms with E-state index in [1.165, 1.54) is 16.7 Å². The molecular formula is C34H36Cl2N2O3. The molecule has 214 valence electrons. The Kier molecular flexibility index (Phi) is 10.7. The van der Waals surface area contributed by atoms with Crippen molar-refractivity contribution in [1.82, 2.24) is 0 Å². The van der Waals surface area contributed by atoms with E-state index in [0.29, 0.717) is 48.4 Å². The number of primary amides is 1. The zero-order valence-corrected chi connectivity index (χ0v) is 25.0. The molecule has 1 amide bonds. The molecule has 0 fully saturated rings. The molecular weight excluding hydrogens is 555 g/mol. The molecule has 1 unspecified atom stereocenters. The molecule has 1 atom stereocenters. The van der Waals surface area contributed by atoms with Gasteiger partial charge in [0.15, 0.2) is 5.75 Å². The Morgan fingerprint density at radius 3 is 2.22 bits per heavy atom. The summed E-state index contributed by atoms with van der Waals surface area (Å²) >= 11 is 12.5. The molecule has 0 saturated carbocycles. The minimum absolute atomic E-state index is 0.179. The van der Waals surface area contributed by atoms with E-state index in [9.17, 15) is 4.79 Å². The van der Waals surface area contributed by atoms with Crippen LogP contribution in [0, 0.1) is 13.8 Å². The standard InChI is InChI=1S/C34H36Cl2N2O3/c1-22-17-31(35)34(32(36)18-22)41-16-15-40-28-11-7-24(8-12-28)20-27(21-37)29-13-9-26(19-23(29)2)30-6-4-3-5-25(30)10-14-33(38)39/h3-9,11-13,17-19,27H,10,14-16,20-21,37H2,1-2H3,(H2,38,39). The van der Waals surface area contributed by atoms with Gasteiger partial charge in [-0.25, -0.2) is 0 Å². The number of hydrogen-bond donors (Lipinski definition) is 2. The maximum Gasteiger partial charge on any atom is 0.217 e. The third kappa shape index (κ3) is 8.26. The molecule has 0 aromatic heterocycles. The number of carbonyl (C=O) groups excluding carboxylic acids is 1. The molecule has 0 saturated heterocycles. The van der Waals surface area contributed by atoms with Crippen molar-refractivity contribution in [2.45, 2.75) is 39.0 Å². The Hall–Kier alpha value is -3.51. The second-order valence-electron chi connectivity index (χ2n) is 10.2. The van der Waals surface area contributed by atoms with Gasteiger partial charge in [-0.15, -0.1) is 0 Å². The van der Waals surface area contributed by atoms with Gasteiger partial charge in [-0.2, -0.15) is 0 Å². The number of carbonyl (C=O) groups is 1. The molecule has 0 aliphatic carbocycles. The second kappa shape index (κ2) is 14.4. The smallest absolute Gasteiger partial charge is 0.217 e. The van der Waals surface area contributed by atoms with Crippen molar-refractivity contribution >= 4 is 29.1 Å². The summed E-state index contributed by atoms with van der Waals surface area (Å²) in [6.07, 6.45) is 1.78. The quantitative estimate of drug-likeness (QED) is 0.158. The van der Waals surface area contributed by atoms with Crippen LogP contribution in [0.15, 0.2) is 78.9 Å². The summed E-state index contributed by atoms with van der Waals surface area (Å²) in [5.74, 6) is 1.12. The summed E-state index contributed by atoms with van der Waals surface area (Å²) in [4.78, 5) is 11.3. The Balaban J connectivity index is 1.36. The fourth-order valence-electron chi connectivity index (χ4n) is 5.03. The van der Waals surface area contributed by atoms with Crippen molar-refractivity contribution in [2.75, 3.05) is 19.8 Å². The molecule has 0 heterocycles. The van der Waals surface area contributed by atoms with Crippen molar-refractivity contribution in [3.63, 3.8) is 0 Å². The van der Waals surface area contributed by atoms with Crippen LogP contribution in [0.4, 0.5) is 0 Å². The summed E-state index contributed by atoms with van der Waals surface area (Å²) in [6, 6.07) is 26.4. The number of amides is 1. The van der Waals surface area contributed by atoms with Crippen LogP contribution in [0.3, 0.4) is 0 Å². The van der Waals surface area contributed by atoms with E-state index in [0.717, 1.165) is 34.4 Å². The van der Waals surface area contributed by atoms with Gasteiger partial charge < -0.3 is 20.9 Å². The Labute approximate surface area is 252 Å². The SMILES string of the molecule is Cc1cc(Cl)c(OCCOc2ccc(CC(CN)c3ccc(-c4ccccc4CCC(N)=O)cc3C)cc2)c(Cl)c1. The number of ether oxygens (including phenoxy) is 2. The lowest BCUT2D eigenvalue weighted by molar-refractivity contribution is -0.117. The average Bonchev–Trinajstić information content (AvgIpc) is 2.95. The number of hydrogen-bond acceptors (Lipinski definition) is 4. The third-order valence-corrected chi connectivity index (χ3v) is 7.67. The lowest BCUT2D eigenvalue weighted by Crippen LogP contribution is -2.16. The zero-order valence-electron chi connectivity index (χ0n) is 23.5. The summed E-state index contributed by atoms with van der Waals surface area (Å²) < 4.78 is 11.6. The topological polar surface area (TPSA) is 87.6 Å². The first kappa shape index (κ1) is 30.4. The van der Waals surface area contributed by atoms with Gasteiger partial charge in [0, 0.05) is 12.3 Å². The minimum atomic E-state index is -0.292. The molecule has 0 radical (unpaired) electrons. The highest BCUT2D eigenvalue weighted by Crippen LogP contribution is 2.34. The van der Waals surface area contributed by atoms with E-state index in [2.05, 4.69) is 49.4 Å². The van der Waals surface area contributed by atoms with Crippen molar-refractivity contribution in [2.24, 2.45) is 11.5 Å². The lowest BCUT2D eigenvalue weighted by atomic mass is 9.87. The van der Waals surface area contributed by atoms with E-state index >= 15 is 0 Å². The lowest BCUT2D eigenvalue weighted by Gasteiger charge is -2.20. The highest BCUT2D eigenvalue weighted by atomic mass is 35.5. The van der Waals surface area contributed by atoms with Crippen LogP contribution >= 0.6 is 23.2 Å². The van der Waals surface area contributed by atoms with Gasteiger partial charge in [-0.05, 0) is 96.4 Å². The predicted octanol–water partition coefficient (Wildman–Crippen LogP) is 7.44. The molecule has 41 heavy (non-hydrogen) atoms. The van der Waals surface area contributed by atoms with E-state index < -0.39 is 0 Å². The van der Waals surface area contributed by atoms with Crippen LogP contribution in [-0.4, -0.2) is 25.7 Å². The van der Waals surface area contributed by atoms with E-state index in [4.69, 9.17) is 44.1 Å². The van der Waals surface area contributed by atoms with Crippen molar-refractivity contribution in [3.05, 3.63) is 117 Å². The number of aryl methyl sites for hydroxylation is 3. The van der Waals surface area contributed by atoms with Gasteiger partial charge in [0.25, 0.3) is 0 Å². The molecule has 0 spiro atoms. The van der Waals surface area contributed by atoms with Gasteiger partial charge in [-0.3, -0.25) is 4.79 Å². The fraction of sp³-hybridized carbons (Fsp3) is 0.265. The monoisotopic (exact) mass is 590 g/mol. The van der Waals surface area contributed by atoms with Crippen molar-refractivity contribution in [1.29, 1.82) is 0 Å². The maximum atomic E-state index is 11.3. The highest BCUT2D eigenvalue weighted by Gasteiger charge is 2.15. The minimum Gasteiger partial charge on any atom is -0.490 e. The predicted molar refractivity (Wildman–Crippen MR) is 168 cm³/mol. The van der Waals surface area contributed by atoms with Gasteiger partial charge in [0.2, 0.25) is 5.91 Å². The first-order valence-electron chi connectivity index (χ1n) is 13.7. The van der Waals surface area contributed by atoms with Crippen LogP contribution in [0.2, 0.25) is 10.0 Å². The molecule has 0 aliphatic rings. The van der Waals surface area contributed by atoms with Crippen LogP contribution in [0.25, 0.3) is 11.1 Å². The Morgan fingerprint density at radius 1 is 0.878 bits per heavy atom.